The fraction of sp³-hybridized carbons (Fsp3) is 0.286. The first-order valence-electron chi connectivity index (χ1n) is 9.02. The highest BCUT2D eigenvalue weighted by molar-refractivity contribution is 7.98. The minimum absolute atomic E-state index is 0.0542. The molecule has 1 aromatic carbocycles. The number of aromatic nitrogens is 1. The summed E-state index contributed by atoms with van der Waals surface area (Å²) in [5, 5.41) is 1.76. The molecule has 2 aromatic heterocycles. The minimum Gasteiger partial charge on any atom is -0.423 e. The highest BCUT2D eigenvalue weighted by Gasteiger charge is 2.19. The normalized spacial score (nSPS) is 14.0. The van der Waals surface area contributed by atoms with E-state index < -0.39 is 0 Å². The molecule has 3 aromatic rings. The molecule has 0 atom stereocenters. The van der Waals surface area contributed by atoms with Crippen LogP contribution in [0, 0.1) is 6.92 Å². The summed E-state index contributed by atoms with van der Waals surface area (Å²) < 4.78 is 5.30. The molecule has 1 fully saturated rings. The lowest BCUT2D eigenvalue weighted by Crippen LogP contribution is -2.27. The average Bonchev–Trinajstić information content (AvgIpc) is 3.20. The van der Waals surface area contributed by atoms with Crippen LogP contribution in [-0.4, -0.2) is 28.9 Å². The van der Waals surface area contributed by atoms with Gasteiger partial charge in [0.25, 0.3) is 5.91 Å². The fourth-order valence-corrected chi connectivity index (χ4v) is 4.14. The molecule has 0 radical (unpaired) electrons. The molecule has 4 rings (SSSR count). The van der Waals surface area contributed by atoms with Gasteiger partial charge in [0.1, 0.15) is 5.58 Å². The third-order valence-corrected chi connectivity index (χ3v) is 5.73. The highest BCUT2D eigenvalue weighted by atomic mass is 32.2. The fourth-order valence-electron chi connectivity index (χ4n) is 3.30. The summed E-state index contributed by atoms with van der Waals surface area (Å²) in [6, 6.07) is 11.1. The number of aryl methyl sites for hydroxylation is 1. The number of pyridine rings is 1. The van der Waals surface area contributed by atoms with E-state index in [4.69, 9.17) is 4.42 Å². The Morgan fingerprint density at radius 1 is 1.19 bits per heavy atom. The SMILES string of the molecule is Cc1ccc2c(CSc3ccc(C(=O)N4CCCC4)cn3)cc(=O)oc2c1. The first kappa shape index (κ1) is 17.8. The predicted molar refractivity (Wildman–Crippen MR) is 106 cm³/mol. The molecule has 0 aliphatic carbocycles. The van der Waals surface area contributed by atoms with E-state index in [0.29, 0.717) is 16.9 Å². The van der Waals surface area contributed by atoms with Crippen LogP contribution in [0.3, 0.4) is 0 Å². The van der Waals surface area contributed by atoms with Crippen LogP contribution in [0.2, 0.25) is 0 Å². The molecule has 0 N–H and O–H groups in total. The summed E-state index contributed by atoms with van der Waals surface area (Å²) in [5.41, 5.74) is 2.86. The minimum atomic E-state index is -0.344. The van der Waals surface area contributed by atoms with E-state index >= 15 is 0 Å². The monoisotopic (exact) mass is 380 g/mol. The van der Waals surface area contributed by atoms with Crippen molar-refractivity contribution in [1.82, 2.24) is 9.88 Å². The maximum atomic E-state index is 12.4. The summed E-state index contributed by atoms with van der Waals surface area (Å²) in [4.78, 5) is 30.5. The number of hydrogen-bond acceptors (Lipinski definition) is 5. The Bertz CT molecular complexity index is 1040. The van der Waals surface area contributed by atoms with Crippen molar-refractivity contribution in [3.63, 3.8) is 0 Å². The van der Waals surface area contributed by atoms with Crippen molar-refractivity contribution < 1.29 is 9.21 Å². The molecule has 0 saturated carbocycles. The number of amides is 1. The predicted octanol–water partition coefficient (Wildman–Crippen LogP) is 4.02. The zero-order chi connectivity index (χ0) is 18.8. The summed E-state index contributed by atoms with van der Waals surface area (Å²) in [7, 11) is 0. The van der Waals surface area contributed by atoms with Crippen molar-refractivity contribution in [2.45, 2.75) is 30.5 Å². The lowest BCUT2D eigenvalue weighted by atomic mass is 10.1. The van der Waals surface area contributed by atoms with Crippen LogP contribution < -0.4 is 5.63 Å². The average molecular weight is 380 g/mol. The number of likely N-dealkylation sites (tertiary alicyclic amines) is 1. The Morgan fingerprint density at radius 2 is 2.00 bits per heavy atom. The molecule has 1 amide bonds. The van der Waals surface area contributed by atoms with Crippen molar-refractivity contribution in [2.24, 2.45) is 0 Å². The van der Waals surface area contributed by atoms with Crippen LogP contribution in [0.4, 0.5) is 0 Å². The van der Waals surface area contributed by atoms with E-state index in [9.17, 15) is 9.59 Å². The zero-order valence-electron chi connectivity index (χ0n) is 15.1. The molecular formula is C21H20N2O3S. The van der Waals surface area contributed by atoms with Crippen molar-refractivity contribution in [1.29, 1.82) is 0 Å². The van der Waals surface area contributed by atoms with E-state index in [1.165, 1.54) is 17.8 Å². The van der Waals surface area contributed by atoms with Crippen LogP contribution in [-0.2, 0) is 5.75 Å². The lowest BCUT2D eigenvalue weighted by Gasteiger charge is -2.14. The van der Waals surface area contributed by atoms with Gasteiger partial charge in [-0.1, -0.05) is 12.1 Å². The van der Waals surface area contributed by atoms with E-state index in [-0.39, 0.29) is 11.5 Å². The summed E-state index contributed by atoms with van der Waals surface area (Å²) >= 11 is 1.54. The van der Waals surface area contributed by atoms with Gasteiger partial charge in [-0.3, -0.25) is 4.79 Å². The smallest absolute Gasteiger partial charge is 0.336 e. The highest BCUT2D eigenvalue weighted by Crippen LogP contribution is 2.26. The summed E-state index contributed by atoms with van der Waals surface area (Å²) in [6.07, 6.45) is 3.79. The number of fused-ring (bicyclic) bond motifs is 1. The number of hydrogen-bond donors (Lipinski definition) is 0. The molecule has 0 spiro atoms. The van der Waals surface area contributed by atoms with Gasteiger partial charge in [-0.15, -0.1) is 11.8 Å². The third-order valence-electron chi connectivity index (χ3n) is 4.74. The van der Waals surface area contributed by atoms with Gasteiger partial charge in [0.05, 0.1) is 10.6 Å². The van der Waals surface area contributed by atoms with Gasteiger partial charge >= 0.3 is 5.63 Å². The van der Waals surface area contributed by atoms with E-state index in [0.717, 1.165) is 47.5 Å². The number of carbonyl (C=O) groups is 1. The maximum Gasteiger partial charge on any atom is 0.336 e. The summed E-state index contributed by atoms with van der Waals surface area (Å²) in [6.45, 7) is 3.63. The van der Waals surface area contributed by atoms with Gasteiger partial charge in [-0.05, 0) is 49.1 Å². The standard InChI is InChI=1S/C21H20N2O3S/c1-14-4-6-17-16(11-20(24)26-18(17)10-14)13-27-19-7-5-15(12-22-19)21(25)23-8-2-3-9-23/h4-7,10-12H,2-3,8-9,13H2,1H3. The van der Waals surface area contributed by atoms with Crippen molar-refractivity contribution >= 4 is 28.6 Å². The van der Waals surface area contributed by atoms with E-state index in [1.807, 2.05) is 42.2 Å². The van der Waals surface area contributed by atoms with E-state index in [1.54, 1.807) is 6.20 Å². The van der Waals surface area contributed by atoms with Gasteiger partial charge in [0, 0.05) is 36.5 Å². The van der Waals surface area contributed by atoms with Crippen LogP contribution in [0.1, 0.15) is 34.3 Å². The topological polar surface area (TPSA) is 63.4 Å². The first-order valence-corrected chi connectivity index (χ1v) is 10.0. The van der Waals surface area contributed by atoms with Gasteiger partial charge in [-0.25, -0.2) is 9.78 Å². The van der Waals surface area contributed by atoms with E-state index in [2.05, 4.69) is 4.98 Å². The Morgan fingerprint density at radius 3 is 2.74 bits per heavy atom. The summed E-state index contributed by atoms with van der Waals surface area (Å²) in [5.74, 6) is 0.663. The van der Waals surface area contributed by atoms with Crippen LogP contribution in [0.25, 0.3) is 11.0 Å². The largest absolute Gasteiger partial charge is 0.423 e. The Labute approximate surface area is 161 Å². The van der Waals surface area contributed by atoms with Crippen molar-refractivity contribution in [2.75, 3.05) is 13.1 Å². The molecule has 0 unspecified atom stereocenters. The van der Waals surface area contributed by atoms with Crippen LogP contribution >= 0.6 is 11.8 Å². The quantitative estimate of drug-likeness (QED) is 0.505. The molecular weight excluding hydrogens is 360 g/mol. The Hall–Kier alpha value is -2.60. The van der Waals surface area contributed by atoms with Gasteiger partial charge in [-0.2, -0.15) is 0 Å². The molecule has 6 heteroatoms. The second-order valence-electron chi connectivity index (χ2n) is 6.76. The molecule has 27 heavy (non-hydrogen) atoms. The third kappa shape index (κ3) is 3.90. The molecule has 1 aliphatic heterocycles. The van der Waals surface area contributed by atoms with Crippen LogP contribution in [0.5, 0.6) is 0 Å². The van der Waals surface area contributed by atoms with Gasteiger partial charge in [0.2, 0.25) is 0 Å². The molecule has 5 nitrogen and oxygen atoms in total. The first-order chi connectivity index (χ1) is 13.1. The number of thioether (sulfide) groups is 1. The number of carbonyl (C=O) groups excluding carboxylic acids is 1. The van der Waals surface area contributed by atoms with Crippen molar-refractivity contribution in [3.8, 4) is 0 Å². The van der Waals surface area contributed by atoms with Gasteiger partial charge < -0.3 is 9.32 Å². The molecule has 3 heterocycles. The molecule has 138 valence electrons. The molecule has 0 bridgehead atoms. The maximum absolute atomic E-state index is 12.4. The number of benzene rings is 1. The molecule has 1 aliphatic rings. The second kappa shape index (κ2) is 7.56. The second-order valence-corrected chi connectivity index (χ2v) is 7.76. The van der Waals surface area contributed by atoms with Gasteiger partial charge in [0.15, 0.2) is 0 Å². The zero-order valence-corrected chi connectivity index (χ0v) is 15.9. The lowest BCUT2D eigenvalue weighted by molar-refractivity contribution is 0.0792. The number of nitrogens with zero attached hydrogens (tertiary/aromatic N) is 2. The number of rotatable bonds is 4. The van der Waals surface area contributed by atoms with Crippen molar-refractivity contribution in [3.05, 3.63) is 69.7 Å². The molecule has 1 saturated heterocycles. The Balaban J connectivity index is 1.50. The van der Waals surface area contributed by atoms with Crippen LogP contribution in [0.15, 0.2) is 56.8 Å². The Kier molecular flexibility index (Phi) is 4.99.